The number of benzene rings is 1. The van der Waals surface area contributed by atoms with Crippen molar-refractivity contribution >= 4 is 5.97 Å². The van der Waals surface area contributed by atoms with Crippen molar-refractivity contribution in [2.75, 3.05) is 13.7 Å². The summed E-state index contributed by atoms with van der Waals surface area (Å²) in [5.41, 5.74) is 2.20. The number of ether oxygens (including phenoxy) is 1. The fourth-order valence-electron chi connectivity index (χ4n) is 2.14. The van der Waals surface area contributed by atoms with Crippen LogP contribution in [0.1, 0.15) is 38.3 Å². The van der Waals surface area contributed by atoms with Gasteiger partial charge >= 0.3 is 5.97 Å². The summed E-state index contributed by atoms with van der Waals surface area (Å²) in [5, 5.41) is 8.86. The van der Waals surface area contributed by atoms with E-state index in [9.17, 15) is 4.79 Å². The van der Waals surface area contributed by atoms with E-state index in [2.05, 4.69) is 31.7 Å². The summed E-state index contributed by atoms with van der Waals surface area (Å²) in [6.45, 7) is 9.61. The van der Waals surface area contributed by atoms with Gasteiger partial charge in [0.1, 0.15) is 5.75 Å². The predicted molar refractivity (Wildman–Crippen MR) is 80.1 cm³/mol. The first-order chi connectivity index (χ1) is 9.24. The second-order valence-corrected chi connectivity index (χ2v) is 6.04. The van der Waals surface area contributed by atoms with E-state index >= 15 is 0 Å². The molecule has 112 valence electrons. The Balaban J connectivity index is 2.84. The maximum atomic E-state index is 10.8. The van der Waals surface area contributed by atoms with Crippen molar-refractivity contribution in [2.24, 2.45) is 0 Å². The Kier molecular flexibility index (Phi) is 5.57. The first-order valence-electron chi connectivity index (χ1n) is 6.84. The predicted octanol–water partition coefficient (Wildman–Crippen LogP) is 3.08. The van der Waals surface area contributed by atoms with Crippen LogP contribution in [-0.2, 0) is 11.3 Å². The van der Waals surface area contributed by atoms with Crippen LogP contribution in [0.2, 0.25) is 0 Å². The lowest BCUT2D eigenvalue weighted by atomic mass is 10.0. The molecular weight excluding hydrogens is 254 g/mol. The number of methoxy groups -OCH3 is 1. The first-order valence-corrected chi connectivity index (χ1v) is 6.84. The second kappa shape index (κ2) is 6.75. The Bertz CT molecular complexity index is 463. The summed E-state index contributed by atoms with van der Waals surface area (Å²) in [7, 11) is 1.66. The van der Waals surface area contributed by atoms with Crippen LogP contribution < -0.4 is 4.74 Å². The zero-order valence-corrected chi connectivity index (χ0v) is 13.1. The maximum Gasteiger partial charge on any atom is 0.304 e. The Morgan fingerprint density at radius 3 is 2.45 bits per heavy atom. The van der Waals surface area contributed by atoms with Gasteiger partial charge in [0.2, 0.25) is 0 Å². The molecule has 0 aliphatic rings. The van der Waals surface area contributed by atoms with E-state index in [0.717, 1.165) is 17.9 Å². The van der Waals surface area contributed by atoms with Gasteiger partial charge in [0.05, 0.1) is 13.5 Å². The van der Waals surface area contributed by atoms with Crippen LogP contribution in [0.5, 0.6) is 5.75 Å². The van der Waals surface area contributed by atoms with Gasteiger partial charge in [0.15, 0.2) is 0 Å². The minimum absolute atomic E-state index is 0.0662. The molecule has 0 aliphatic carbocycles. The number of carboxylic acids is 1. The van der Waals surface area contributed by atoms with Gasteiger partial charge in [0.25, 0.3) is 0 Å². The number of carboxylic acid groups (broad SMARTS) is 1. The van der Waals surface area contributed by atoms with Gasteiger partial charge in [-0.25, -0.2) is 0 Å². The zero-order valence-electron chi connectivity index (χ0n) is 13.1. The third-order valence-corrected chi connectivity index (χ3v) is 3.38. The summed E-state index contributed by atoms with van der Waals surface area (Å²) in [5.74, 6) is 0.117. The van der Waals surface area contributed by atoms with Gasteiger partial charge in [-0.2, -0.15) is 0 Å². The van der Waals surface area contributed by atoms with E-state index in [4.69, 9.17) is 9.84 Å². The molecule has 1 aromatic carbocycles. The van der Waals surface area contributed by atoms with Gasteiger partial charge in [-0.3, -0.25) is 9.69 Å². The third kappa shape index (κ3) is 4.85. The molecule has 1 rings (SSSR count). The van der Waals surface area contributed by atoms with Crippen LogP contribution in [-0.4, -0.2) is 35.2 Å². The van der Waals surface area contributed by atoms with Crippen molar-refractivity contribution in [3.63, 3.8) is 0 Å². The summed E-state index contributed by atoms with van der Waals surface area (Å²) in [4.78, 5) is 13.0. The van der Waals surface area contributed by atoms with E-state index in [1.54, 1.807) is 7.11 Å². The van der Waals surface area contributed by atoms with Gasteiger partial charge < -0.3 is 9.84 Å². The van der Waals surface area contributed by atoms with Crippen molar-refractivity contribution in [1.82, 2.24) is 4.90 Å². The molecule has 0 saturated carbocycles. The van der Waals surface area contributed by atoms with Crippen molar-refractivity contribution < 1.29 is 14.6 Å². The third-order valence-electron chi connectivity index (χ3n) is 3.38. The van der Waals surface area contributed by atoms with Gasteiger partial charge in [-0.1, -0.05) is 12.1 Å². The number of hydrogen-bond donors (Lipinski definition) is 1. The van der Waals surface area contributed by atoms with Crippen LogP contribution in [0.3, 0.4) is 0 Å². The second-order valence-electron chi connectivity index (χ2n) is 6.04. The fraction of sp³-hybridized carbons (Fsp3) is 0.562. The van der Waals surface area contributed by atoms with Gasteiger partial charge in [-0.15, -0.1) is 0 Å². The molecule has 0 atom stereocenters. The van der Waals surface area contributed by atoms with Crippen molar-refractivity contribution in [2.45, 2.75) is 46.2 Å². The molecule has 0 aromatic heterocycles. The SMILES string of the molecule is COc1ccc(CN(CCC(=O)O)C(C)(C)C)cc1C. The Labute approximate surface area is 121 Å². The van der Waals surface area contributed by atoms with E-state index in [0.29, 0.717) is 6.54 Å². The molecule has 4 heteroatoms. The quantitative estimate of drug-likeness (QED) is 0.869. The molecule has 0 radical (unpaired) electrons. The van der Waals surface area contributed by atoms with Crippen LogP contribution in [0.25, 0.3) is 0 Å². The van der Waals surface area contributed by atoms with E-state index < -0.39 is 5.97 Å². The maximum absolute atomic E-state index is 10.8. The van der Waals surface area contributed by atoms with E-state index in [1.807, 2.05) is 19.1 Å². The summed E-state index contributed by atoms with van der Waals surface area (Å²) < 4.78 is 5.26. The van der Waals surface area contributed by atoms with Crippen LogP contribution in [0, 0.1) is 6.92 Å². The molecule has 20 heavy (non-hydrogen) atoms. The summed E-state index contributed by atoms with van der Waals surface area (Å²) in [6.07, 6.45) is 0.159. The highest BCUT2D eigenvalue weighted by molar-refractivity contribution is 5.66. The molecule has 0 spiro atoms. The summed E-state index contributed by atoms with van der Waals surface area (Å²) in [6, 6.07) is 6.09. The molecular formula is C16H25NO3. The number of aryl methyl sites for hydroxylation is 1. The van der Waals surface area contributed by atoms with Crippen LogP contribution >= 0.6 is 0 Å². The van der Waals surface area contributed by atoms with Crippen LogP contribution in [0.15, 0.2) is 18.2 Å². The monoisotopic (exact) mass is 279 g/mol. The fourth-order valence-corrected chi connectivity index (χ4v) is 2.14. The molecule has 0 amide bonds. The van der Waals surface area contributed by atoms with Gasteiger partial charge in [0, 0.05) is 18.6 Å². The zero-order chi connectivity index (χ0) is 15.3. The highest BCUT2D eigenvalue weighted by Gasteiger charge is 2.22. The Morgan fingerprint density at radius 2 is 2.00 bits per heavy atom. The Morgan fingerprint density at radius 1 is 1.35 bits per heavy atom. The highest BCUT2D eigenvalue weighted by Crippen LogP contribution is 2.22. The average Bonchev–Trinajstić information content (AvgIpc) is 2.33. The number of carbonyl (C=O) groups is 1. The van der Waals surface area contributed by atoms with E-state index in [-0.39, 0.29) is 12.0 Å². The lowest BCUT2D eigenvalue weighted by Gasteiger charge is -2.35. The number of hydrogen-bond acceptors (Lipinski definition) is 3. The summed E-state index contributed by atoms with van der Waals surface area (Å²) >= 11 is 0. The largest absolute Gasteiger partial charge is 0.496 e. The number of nitrogens with zero attached hydrogens (tertiary/aromatic N) is 1. The minimum atomic E-state index is -0.759. The molecule has 0 aliphatic heterocycles. The standard InChI is InChI=1S/C16H25NO3/c1-12-10-13(6-7-14(12)20-5)11-17(16(2,3)4)9-8-15(18)19/h6-7,10H,8-9,11H2,1-5H3,(H,18,19). The lowest BCUT2D eigenvalue weighted by Crippen LogP contribution is -2.42. The number of aliphatic carboxylic acids is 1. The molecule has 0 heterocycles. The molecule has 0 unspecified atom stereocenters. The molecule has 1 aromatic rings. The molecule has 0 fully saturated rings. The van der Waals surface area contributed by atoms with Gasteiger partial charge in [-0.05, 0) is 44.9 Å². The van der Waals surface area contributed by atoms with E-state index in [1.165, 1.54) is 5.56 Å². The molecule has 0 saturated heterocycles. The smallest absolute Gasteiger partial charge is 0.304 e. The Hall–Kier alpha value is -1.55. The molecule has 1 N–H and O–H groups in total. The minimum Gasteiger partial charge on any atom is -0.496 e. The van der Waals surface area contributed by atoms with Crippen molar-refractivity contribution in [3.8, 4) is 5.75 Å². The first kappa shape index (κ1) is 16.5. The van der Waals surface area contributed by atoms with Crippen LogP contribution in [0.4, 0.5) is 0 Å². The lowest BCUT2D eigenvalue weighted by molar-refractivity contribution is -0.137. The topological polar surface area (TPSA) is 49.8 Å². The van der Waals surface area contributed by atoms with Crippen molar-refractivity contribution in [1.29, 1.82) is 0 Å². The highest BCUT2D eigenvalue weighted by atomic mass is 16.5. The normalized spacial score (nSPS) is 11.7. The average molecular weight is 279 g/mol. The number of rotatable bonds is 6. The van der Waals surface area contributed by atoms with Crippen molar-refractivity contribution in [3.05, 3.63) is 29.3 Å². The molecule has 4 nitrogen and oxygen atoms in total. The molecule has 0 bridgehead atoms.